The highest BCUT2D eigenvalue weighted by molar-refractivity contribution is 5.73. The molecule has 0 aliphatic carbocycles. The number of alkyl halides is 1. The van der Waals surface area contributed by atoms with E-state index in [1.807, 2.05) is 19.1 Å². The Balaban J connectivity index is 1.75. The van der Waals surface area contributed by atoms with Crippen molar-refractivity contribution in [2.75, 3.05) is 18.4 Å². The maximum absolute atomic E-state index is 14.5. The highest BCUT2D eigenvalue weighted by Gasteiger charge is 2.33. The van der Waals surface area contributed by atoms with E-state index < -0.39 is 18.3 Å². The molecular weight excluding hydrogens is 417 g/mol. The van der Waals surface area contributed by atoms with Crippen LogP contribution in [-0.4, -0.2) is 56.5 Å². The van der Waals surface area contributed by atoms with Gasteiger partial charge in [0, 0.05) is 24.2 Å². The van der Waals surface area contributed by atoms with E-state index >= 15 is 0 Å². The first-order chi connectivity index (χ1) is 15.4. The molecule has 1 aliphatic rings. The molecule has 1 aliphatic heterocycles. The van der Waals surface area contributed by atoms with E-state index in [1.165, 1.54) is 11.8 Å². The van der Waals surface area contributed by atoms with Crippen molar-refractivity contribution in [2.45, 2.75) is 25.6 Å². The zero-order chi connectivity index (χ0) is 23.1. The standard InChI is InChI=1S/C21H22FN7O3/c1-3-4-13(2)26-20-25-12-24-19(27-20)14-5-6-17(15(9-14)10-23)32-18-7-8-29(11-16(18)22)21(30)28-31/h3-6,9,12,16,18,31H,2,7-8,11H2,1H3,(H,28,30)(H,24,25,26,27)/b4-3-/t16-,18+/m1/s1. The summed E-state index contributed by atoms with van der Waals surface area (Å²) in [6.45, 7) is 5.67. The van der Waals surface area contributed by atoms with Gasteiger partial charge in [-0.2, -0.15) is 10.2 Å². The minimum atomic E-state index is -1.48. The fourth-order valence-electron chi connectivity index (χ4n) is 3.18. The van der Waals surface area contributed by atoms with Crippen LogP contribution in [0.2, 0.25) is 0 Å². The summed E-state index contributed by atoms with van der Waals surface area (Å²) in [5.41, 5.74) is 2.84. The number of nitrogens with one attached hydrogen (secondary N) is 2. The van der Waals surface area contributed by atoms with Crippen molar-refractivity contribution in [3.8, 4) is 23.2 Å². The van der Waals surface area contributed by atoms with Crippen molar-refractivity contribution in [3.05, 3.63) is 54.5 Å². The van der Waals surface area contributed by atoms with Crippen LogP contribution < -0.4 is 15.5 Å². The molecule has 0 spiro atoms. The second-order valence-electron chi connectivity index (χ2n) is 6.93. The molecule has 2 atom stereocenters. The average Bonchev–Trinajstić information content (AvgIpc) is 2.80. The van der Waals surface area contributed by atoms with Gasteiger partial charge in [0.2, 0.25) is 5.95 Å². The number of nitrogens with zero attached hydrogens (tertiary/aromatic N) is 5. The lowest BCUT2D eigenvalue weighted by Crippen LogP contribution is -2.51. The summed E-state index contributed by atoms with van der Waals surface area (Å²) in [5.74, 6) is 0.860. The van der Waals surface area contributed by atoms with Crippen LogP contribution in [0.5, 0.6) is 5.75 Å². The summed E-state index contributed by atoms with van der Waals surface area (Å²) in [7, 11) is 0. The number of urea groups is 1. The third-order valence-corrected chi connectivity index (χ3v) is 4.71. The summed E-state index contributed by atoms with van der Waals surface area (Å²) >= 11 is 0. The first-order valence-electron chi connectivity index (χ1n) is 9.77. The molecule has 1 fully saturated rings. The Morgan fingerprint density at radius 3 is 2.97 bits per heavy atom. The third kappa shape index (κ3) is 5.35. The number of allylic oxidation sites excluding steroid dienone is 2. The zero-order valence-electron chi connectivity index (χ0n) is 17.3. The molecule has 3 N–H and O–H groups in total. The fourth-order valence-corrected chi connectivity index (χ4v) is 3.18. The van der Waals surface area contributed by atoms with Gasteiger partial charge < -0.3 is 15.0 Å². The summed E-state index contributed by atoms with van der Waals surface area (Å²) in [5, 5.41) is 21.2. The van der Waals surface area contributed by atoms with Gasteiger partial charge in [-0.3, -0.25) is 5.21 Å². The quantitative estimate of drug-likeness (QED) is 0.355. The van der Waals surface area contributed by atoms with Gasteiger partial charge in [0.1, 0.15) is 24.3 Å². The molecule has 0 saturated carbocycles. The topological polar surface area (TPSA) is 136 Å². The molecule has 11 heteroatoms. The van der Waals surface area contributed by atoms with Gasteiger partial charge in [-0.15, -0.1) is 0 Å². The van der Waals surface area contributed by atoms with Crippen LogP contribution in [0.4, 0.5) is 15.1 Å². The number of carbonyl (C=O) groups is 1. The number of anilines is 1. The molecule has 3 rings (SSSR count). The predicted molar refractivity (Wildman–Crippen MR) is 113 cm³/mol. The molecule has 1 aromatic heterocycles. The number of piperidine rings is 1. The zero-order valence-corrected chi connectivity index (χ0v) is 17.3. The number of benzene rings is 1. The summed E-state index contributed by atoms with van der Waals surface area (Å²) in [4.78, 5) is 25.1. The van der Waals surface area contributed by atoms with E-state index in [4.69, 9.17) is 9.94 Å². The Morgan fingerprint density at radius 2 is 2.28 bits per heavy atom. The highest BCUT2D eigenvalue weighted by Crippen LogP contribution is 2.28. The van der Waals surface area contributed by atoms with Crippen LogP contribution in [-0.2, 0) is 0 Å². The number of carbonyl (C=O) groups excluding carboxylic acids is 1. The van der Waals surface area contributed by atoms with Crippen LogP contribution in [0.15, 0.2) is 49.0 Å². The van der Waals surface area contributed by atoms with Gasteiger partial charge in [0.15, 0.2) is 12.0 Å². The minimum absolute atomic E-state index is 0.193. The molecule has 2 heterocycles. The molecule has 0 unspecified atom stereocenters. The normalized spacial score (nSPS) is 18.1. The second kappa shape index (κ2) is 10.3. The summed E-state index contributed by atoms with van der Waals surface area (Å²) in [6.07, 6.45) is 2.83. The Hall–Kier alpha value is -4.04. The SMILES string of the molecule is C=C(/C=C\C)Nc1ncnc(-c2ccc(O[C@H]3CCN(C(=O)NO)C[C@H]3F)c(C#N)c2)n1. The van der Waals surface area contributed by atoms with Crippen LogP contribution in [0.25, 0.3) is 11.4 Å². The number of hydrogen-bond acceptors (Lipinski definition) is 8. The van der Waals surface area contributed by atoms with E-state index in [-0.39, 0.29) is 30.8 Å². The van der Waals surface area contributed by atoms with Gasteiger partial charge >= 0.3 is 6.03 Å². The van der Waals surface area contributed by atoms with Crippen LogP contribution in [0.3, 0.4) is 0 Å². The Labute approximate surface area is 184 Å². The molecule has 10 nitrogen and oxygen atoms in total. The molecule has 1 aromatic carbocycles. The van der Waals surface area contributed by atoms with E-state index in [0.29, 0.717) is 23.0 Å². The van der Waals surface area contributed by atoms with E-state index in [2.05, 4.69) is 26.8 Å². The Morgan fingerprint density at radius 1 is 1.47 bits per heavy atom. The number of nitriles is 1. The fraction of sp³-hybridized carbons (Fsp3) is 0.286. The number of rotatable bonds is 6. The van der Waals surface area contributed by atoms with Crippen molar-refractivity contribution < 1.29 is 19.1 Å². The molecule has 2 aromatic rings. The number of hydrogen-bond donors (Lipinski definition) is 3. The van der Waals surface area contributed by atoms with Crippen molar-refractivity contribution in [3.63, 3.8) is 0 Å². The van der Waals surface area contributed by atoms with Crippen molar-refractivity contribution >= 4 is 12.0 Å². The minimum Gasteiger partial charge on any atom is -0.486 e. The second-order valence-corrected chi connectivity index (χ2v) is 6.93. The molecular formula is C21H22FN7O3. The van der Waals surface area contributed by atoms with Crippen molar-refractivity contribution in [1.82, 2.24) is 25.3 Å². The molecule has 0 radical (unpaired) electrons. The summed E-state index contributed by atoms with van der Waals surface area (Å²) < 4.78 is 20.2. The summed E-state index contributed by atoms with van der Waals surface area (Å²) in [6, 6.07) is 6.05. The number of likely N-dealkylation sites (tertiary alicyclic amines) is 1. The van der Waals surface area contributed by atoms with Gasteiger partial charge in [-0.25, -0.2) is 24.6 Å². The first kappa shape index (κ1) is 22.6. The van der Waals surface area contributed by atoms with Crippen LogP contribution in [0, 0.1) is 11.3 Å². The largest absolute Gasteiger partial charge is 0.486 e. The smallest absolute Gasteiger partial charge is 0.341 e. The maximum atomic E-state index is 14.5. The third-order valence-electron chi connectivity index (χ3n) is 4.71. The number of ether oxygens (including phenoxy) is 1. The van der Waals surface area contributed by atoms with Gasteiger partial charge in [0.05, 0.1) is 12.1 Å². The number of aromatic nitrogens is 3. The lowest BCUT2D eigenvalue weighted by Gasteiger charge is -2.34. The van der Waals surface area contributed by atoms with E-state index in [9.17, 15) is 14.4 Å². The number of halogens is 1. The van der Waals surface area contributed by atoms with Gasteiger partial charge in [-0.1, -0.05) is 12.7 Å². The number of amides is 2. The molecule has 2 amide bonds. The molecule has 1 saturated heterocycles. The Kier molecular flexibility index (Phi) is 7.30. The van der Waals surface area contributed by atoms with Crippen molar-refractivity contribution in [1.29, 1.82) is 5.26 Å². The van der Waals surface area contributed by atoms with Gasteiger partial charge in [0.25, 0.3) is 0 Å². The first-order valence-corrected chi connectivity index (χ1v) is 9.77. The lowest BCUT2D eigenvalue weighted by molar-refractivity contribution is 0.0271. The molecule has 32 heavy (non-hydrogen) atoms. The molecule has 0 bridgehead atoms. The molecule has 166 valence electrons. The Bertz CT molecular complexity index is 1070. The average molecular weight is 439 g/mol. The number of hydroxylamine groups is 1. The highest BCUT2D eigenvalue weighted by atomic mass is 19.1. The monoisotopic (exact) mass is 439 g/mol. The maximum Gasteiger partial charge on any atom is 0.341 e. The van der Waals surface area contributed by atoms with Crippen LogP contribution in [0.1, 0.15) is 18.9 Å². The lowest BCUT2D eigenvalue weighted by atomic mass is 10.1. The van der Waals surface area contributed by atoms with Gasteiger partial charge in [-0.05, 0) is 31.2 Å². The predicted octanol–water partition coefficient (Wildman–Crippen LogP) is 2.80. The van der Waals surface area contributed by atoms with Crippen LogP contribution >= 0.6 is 0 Å². The van der Waals surface area contributed by atoms with Crippen molar-refractivity contribution in [2.24, 2.45) is 0 Å². The van der Waals surface area contributed by atoms with E-state index in [0.717, 1.165) is 4.90 Å². The van der Waals surface area contributed by atoms with E-state index in [1.54, 1.807) is 24.3 Å².